The first-order chi connectivity index (χ1) is 6.24. The summed E-state index contributed by atoms with van der Waals surface area (Å²) in [6, 6.07) is 0. The van der Waals surface area contributed by atoms with E-state index < -0.39 is 5.69 Å². The maximum Gasteiger partial charge on any atom is 0.323 e. The van der Waals surface area contributed by atoms with Crippen LogP contribution in [0.15, 0.2) is 11.0 Å². The van der Waals surface area contributed by atoms with E-state index in [0.717, 1.165) is 0 Å². The van der Waals surface area contributed by atoms with Gasteiger partial charge >= 0.3 is 5.69 Å². The number of amides is 1. The van der Waals surface area contributed by atoms with Crippen molar-refractivity contribution in [2.45, 2.75) is 6.42 Å². The Morgan fingerprint density at radius 1 is 1.69 bits per heavy atom. The minimum atomic E-state index is -0.401. The summed E-state index contributed by atoms with van der Waals surface area (Å²) in [4.78, 5) is 26.4. The van der Waals surface area contributed by atoms with Crippen molar-refractivity contribution in [2.24, 2.45) is 0 Å². The van der Waals surface area contributed by atoms with Gasteiger partial charge in [0, 0.05) is 19.2 Å². The highest BCUT2D eigenvalue weighted by Gasteiger charge is 2.05. The van der Waals surface area contributed by atoms with Gasteiger partial charge in [0.25, 0.3) is 5.91 Å². The van der Waals surface area contributed by atoms with Gasteiger partial charge in [-0.25, -0.2) is 4.79 Å². The summed E-state index contributed by atoms with van der Waals surface area (Å²) in [5, 5.41) is 2.54. The van der Waals surface area contributed by atoms with Crippen LogP contribution in [0.1, 0.15) is 16.9 Å². The average molecular weight is 179 g/mol. The van der Waals surface area contributed by atoms with Gasteiger partial charge < -0.3 is 15.3 Å². The summed E-state index contributed by atoms with van der Waals surface area (Å²) >= 11 is 0. The van der Waals surface area contributed by atoms with E-state index >= 15 is 0 Å². The number of H-pyrrole nitrogens is 2. The van der Waals surface area contributed by atoms with Crippen LogP contribution >= 0.6 is 0 Å². The second kappa shape index (κ2) is 4.16. The number of carbonyl (C=O) groups excluding carboxylic acids is 1. The normalized spacial score (nSPS) is 9.15. The van der Waals surface area contributed by atoms with E-state index in [9.17, 15) is 9.59 Å². The van der Waals surface area contributed by atoms with Crippen LogP contribution < -0.4 is 11.0 Å². The molecule has 1 amide bonds. The Hall–Kier alpha value is -1.96. The molecular formula is C8H9N3O2. The lowest BCUT2D eigenvalue weighted by Gasteiger charge is -1.98. The van der Waals surface area contributed by atoms with Gasteiger partial charge in [0.05, 0.1) is 0 Å². The molecule has 0 spiro atoms. The molecule has 68 valence electrons. The zero-order valence-electron chi connectivity index (χ0n) is 6.89. The molecule has 1 aromatic heterocycles. The van der Waals surface area contributed by atoms with Crippen LogP contribution in [0.3, 0.4) is 0 Å². The van der Waals surface area contributed by atoms with Crippen molar-refractivity contribution in [3.63, 3.8) is 0 Å². The third kappa shape index (κ3) is 2.52. The minimum absolute atomic E-state index is 0.210. The summed E-state index contributed by atoms with van der Waals surface area (Å²) in [7, 11) is 0. The number of aromatic amines is 2. The smallest absolute Gasteiger partial charge is 0.323 e. The van der Waals surface area contributed by atoms with Crippen molar-refractivity contribution in [3.8, 4) is 12.3 Å². The lowest BCUT2D eigenvalue weighted by molar-refractivity contribution is 0.0950. The number of hydrogen-bond acceptors (Lipinski definition) is 2. The standard InChI is InChI=1S/C8H9N3O2/c1-2-3-4-9-7(12)6-5-10-8(13)11-6/h1,5H,3-4H2,(H,9,12)(H2,10,11,13). The van der Waals surface area contributed by atoms with Crippen LogP contribution in [0, 0.1) is 12.3 Å². The Morgan fingerprint density at radius 3 is 3.00 bits per heavy atom. The molecule has 0 fully saturated rings. The Balaban J connectivity index is 2.50. The zero-order chi connectivity index (χ0) is 9.68. The number of imidazole rings is 1. The third-order valence-electron chi connectivity index (χ3n) is 1.40. The van der Waals surface area contributed by atoms with Crippen molar-refractivity contribution >= 4 is 5.91 Å². The molecule has 1 heterocycles. The van der Waals surface area contributed by atoms with Gasteiger partial charge in [-0.05, 0) is 0 Å². The maximum absolute atomic E-state index is 11.2. The molecule has 0 aliphatic rings. The minimum Gasteiger partial charge on any atom is -0.350 e. The molecule has 13 heavy (non-hydrogen) atoms. The van der Waals surface area contributed by atoms with Crippen molar-refractivity contribution in [2.75, 3.05) is 6.54 Å². The molecule has 3 N–H and O–H groups in total. The van der Waals surface area contributed by atoms with Gasteiger partial charge in [-0.2, -0.15) is 0 Å². The van der Waals surface area contributed by atoms with E-state index in [1.54, 1.807) is 0 Å². The SMILES string of the molecule is C#CCCNC(=O)c1c[nH]c(=O)[nH]1. The number of carbonyl (C=O) groups is 1. The van der Waals surface area contributed by atoms with Crippen molar-refractivity contribution < 1.29 is 4.79 Å². The maximum atomic E-state index is 11.2. The lowest BCUT2D eigenvalue weighted by Crippen LogP contribution is -2.25. The van der Waals surface area contributed by atoms with E-state index in [2.05, 4.69) is 21.2 Å². The summed E-state index contributed by atoms with van der Waals surface area (Å²) in [5.74, 6) is 2.05. The van der Waals surface area contributed by atoms with Crippen LogP contribution in [0.2, 0.25) is 0 Å². The highest BCUT2D eigenvalue weighted by molar-refractivity contribution is 5.91. The molecule has 0 bridgehead atoms. The number of aromatic nitrogens is 2. The van der Waals surface area contributed by atoms with Crippen LogP contribution in [0.4, 0.5) is 0 Å². The van der Waals surface area contributed by atoms with E-state index in [4.69, 9.17) is 6.42 Å². The first-order valence-electron chi connectivity index (χ1n) is 3.73. The quantitative estimate of drug-likeness (QED) is 0.430. The number of hydrogen-bond donors (Lipinski definition) is 3. The van der Waals surface area contributed by atoms with E-state index in [1.165, 1.54) is 6.20 Å². The molecular weight excluding hydrogens is 170 g/mol. The molecule has 0 atom stereocenters. The largest absolute Gasteiger partial charge is 0.350 e. The van der Waals surface area contributed by atoms with Crippen LogP contribution in [-0.4, -0.2) is 22.4 Å². The highest BCUT2D eigenvalue weighted by Crippen LogP contribution is 1.86. The summed E-state index contributed by atoms with van der Waals surface area (Å²) in [6.45, 7) is 0.405. The predicted molar refractivity (Wildman–Crippen MR) is 47.2 cm³/mol. The Labute approximate surface area is 74.6 Å². The molecule has 1 rings (SSSR count). The third-order valence-corrected chi connectivity index (χ3v) is 1.40. The van der Waals surface area contributed by atoms with E-state index in [-0.39, 0.29) is 11.6 Å². The number of rotatable bonds is 3. The number of nitrogens with one attached hydrogen (secondary N) is 3. The Bertz CT molecular complexity index is 383. The van der Waals surface area contributed by atoms with Crippen molar-refractivity contribution in [1.82, 2.24) is 15.3 Å². The highest BCUT2D eigenvalue weighted by atomic mass is 16.2. The Morgan fingerprint density at radius 2 is 2.46 bits per heavy atom. The van der Waals surface area contributed by atoms with Gasteiger partial charge in [0.15, 0.2) is 0 Å². The first kappa shape index (κ1) is 9.13. The first-order valence-corrected chi connectivity index (χ1v) is 3.73. The van der Waals surface area contributed by atoms with Gasteiger partial charge in [0.1, 0.15) is 5.69 Å². The molecule has 0 saturated carbocycles. The second-order valence-electron chi connectivity index (χ2n) is 2.37. The molecule has 0 radical (unpaired) electrons. The van der Waals surface area contributed by atoms with E-state index in [1.807, 2.05) is 0 Å². The van der Waals surface area contributed by atoms with Gasteiger partial charge in [-0.3, -0.25) is 4.79 Å². The molecule has 0 aliphatic heterocycles. The zero-order valence-corrected chi connectivity index (χ0v) is 6.89. The van der Waals surface area contributed by atoms with Crippen LogP contribution in [-0.2, 0) is 0 Å². The van der Waals surface area contributed by atoms with Gasteiger partial charge in [-0.1, -0.05) is 0 Å². The number of terminal acetylenes is 1. The molecule has 5 heteroatoms. The predicted octanol–water partition coefficient (Wildman–Crippen LogP) is -0.544. The monoisotopic (exact) mass is 179 g/mol. The molecule has 5 nitrogen and oxygen atoms in total. The van der Waals surface area contributed by atoms with Crippen LogP contribution in [0.25, 0.3) is 0 Å². The topological polar surface area (TPSA) is 77.8 Å². The lowest BCUT2D eigenvalue weighted by atomic mass is 10.4. The molecule has 0 unspecified atom stereocenters. The molecule has 0 saturated heterocycles. The van der Waals surface area contributed by atoms with Crippen molar-refractivity contribution in [1.29, 1.82) is 0 Å². The molecule has 1 aromatic rings. The Kier molecular flexibility index (Phi) is 2.92. The average Bonchev–Trinajstić information content (AvgIpc) is 2.52. The van der Waals surface area contributed by atoms with Crippen molar-refractivity contribution in [3.05, 3.63) is 22.4 Å². The summed E-state index contributed by atoms with van der Waals surface area (Å²) in [6.07, 6.45) is 6.78. The summed E-state index contributed by atoms with van der Waals surface area (Å²) in [5.41, 5.74) is -0.191. The fraction of sp³-hybridized carbons (Fsp3) is 0.250. The van der Waals surface area contributed by atoms with Gasteiger partial charge in [0.2, 0.25) is 0 Å². The summed E-state index contributed by atoms with van der Waals surface area (Å²) < 4.78 is 0. The molecule has 0 aliphatic carbocycles. The fourth-order valence-electron chi connectivity index (χ4n) is 0.798. The molecule has 0 aromatic carbocycles. The fourth-order valence-corrected chi connectivity index (χ4v) is 0.798. The van der Waals surface area contributed by atoms with E-state index in [0.29, 0.717) is 13.0 Å². The second-order valence-corrected chi connectivity index (χ2v) is 2.37. The van der Waals surface area contributed by atoms with Gasteiger partial charge in [-0.15, -0.1) is 12.3 Å². The van der Waals surface area contributed by atoms with Crippen LogP contribution in [0.5, 0.6) is 0 Å².